The second-order valence-corrected chi connectivity index (χ2v) is 4.29. The van der Waals surface area contributed by atoms with Gasteiger partial charge >= 0.3 is 0 Å². The van der Waals surface area contributed by atoms with Crippen LogP contribution in [0.3, 0.4) is 0 Å². The van der Waals surface area contributed by atoms with Gasteiger partial charge in [-0.25, -0.2) is 0 Å². The molecule has 1 aliphatic heterocycles. The number of likely N-dealkylation sites (N-methyl/N-ethyl adjacent to an activating group) is 1. The van der Waals surface area contributed by atoms with Gasteiger partial charge in [0.2, 0.25) is 0 Å². The van der Waals surface area contributed by atoms with E-state index in [1.807, 2.05) is 13.8 Å². The number of rotatable bonds is 1. The fourth-order valence-corrected chi connectivity index (χ4v) is 2.29. The molecule has 0 aromatic heterocycles. The number of hydrogen-bond acceptors (Lipinski definition) is 1. The first kappa shape index (κ1) is 12.4. The molecule has 1 saturated heterocycles. The van der Waals surface area contributed by atoms with Gasteiger partial charge in [0.15, 0.2) is 0 Å². The van der Waals surface area contributed by atoms with Gasteiger partial charge in [0.1, 0.15) is 0 Å². The van der Waals surface area contributed by atoms with Crippen molar-refractivity contribution in [2.75, 3.05) is 13.1 Å². The molecule has 0 N–H and O–H groups in total. The van der Waals surface area contributed by atoms with Gasteiger partial charge in [-0.2, -0.15) is 0 Å². The molecule has 2 atom stereocenters. The lowest BCUT2D eigenvalue weighted by atomic mass is 9.87. The largest absolute Gasteiger partial charge is 0.372 e. The zero-order valence-corrected chi connectivity index (χ0v) is 10.9. The average molecular weight is 207 g/mol. The maximum atomic E-state index is 2.49. The van der Waals surface area contributed by atoms with Crippen LogP contribution in [0.2, 0.25) is 0 Å². The van der Waals surface area contributed by atoms with Crippen molar-refractivity contribution in [3.05, 3.63) is 23.4 Å². The summed E-state index contributed by atoms with van der Waals surface area (Å²) in [6, 6.07) is 0. The first-order valence-corrected chi connectivity index (χ1v) is 6.40. The topological polar surface area (TPSA) is 3.24 Å². The van der Waals surface area contributed by atoms with Crippen LogP contribution in [0.5, 0.6) is 0 Å². The molecule has 2 rings (SSSR count). The maximum absolute atomic E-state index is 2.49. The van der Waals surface area contributed by atoms with Crippen LogP contribution in [0.15, 0.2) is 23.4 Å². The van der Waals surface area contributed by atoms with Gasteiger partial charge in [-0.05, 0) is 30.8 Å². The van der Waals surface area contributed by atoms with Crippen molar-refractivity contribution in [2.24, 2.45) is 11.8 Å². The highest BCUT2D eigenvalue weighted by Crippen LogP contribution is 2.35. The molecule has 1 heteroatoms. The summed E-state index contributed by atoms with van der Waals surface area (Å²) in [5.41, 5.74) is 3.11. The molecule has 2 aliphatic rings. The summed E-state index contributed by atoms with van der Waals surface area (Å²) in [5.74, 6) is 1.45. The van der Waals surface area contributed by atoms with Gasteiger partial charge < -0.3 is 4.90 Å². The predicted octanol–water partition coefficient (Wildman–Crippen LogP) is 3.83. The zero-order chi connectivity index (χ0) is 11.4. The number of hydrogen-bond donors (Lipinski definition) is 0. The molecule has 0 aromatic rings. The Morgan fingerprint density at radius 2 is 1.80 bits per heavy atom. The van der Waals surface area contributed by atoms with E-state index in [1.165, 1.54) is 18.7 Å². The van der Waals surface area contributed by atoms with Gasteiger partial charge in [0, 0.05) is 18.8 Å². The number of nitrogens with zero attached hydrogens (tertiary/aromatic N) is 1. The van der Waals surface area contributed by atoms with E-state index < -0.39 is 0 Å². The minimum absolute atomic E-state index is 0.714. The molecule has 0 spiro atoms. The summed E-state index contributed by atoms with van der Waals surface area (Å²) >= 11 is 0. The Morgan fingerprint density at radius 1 is 1.20 bits per heavy atom. The molecule has 15 heavy (non-hydrogen) atoms. The molecule has 1 fully saturated rings. The average Bonchev–Trinajstić information content (AvgIpc) is 2.64. The van der Waals surface area contributed by atoms with Gasteiger partial charge in [-0.1, -0.05) is 39.8 Å². The molecule has 1 heterocycles. The van der Waals surface area contributed by atoms with E-state index >= 15 is 0 Å². The molecule has 2 unspecified atom stereocenters. The van der Waals surface area contributed by atoms with Crippen molar-refractivity contribution in [1.29, 1.82) is 0 Å². The Hall–Kier alpha value is -0.720. The van der Waals surface area contributed by atoms with Crippen LogP contribution in [0.1, 0.15) is 41.0 Å². The summed E-state index contributed by atoms with van der Waals surface area (Å²) < 4.78 is 0. The second-order valence-electron chi connectivity index (χ2n) is 4.29. The van der Waals surface area contributed by atoms with E-state index in [0.717, 1.165) is 12.5 Å². The summed E-state index contributed by atoms with van der Waals surface area (Å²) in [6.07, 6.45) is 6.18. The van der Waals surface area contributed by atoms with Crippen molar-refractivity contribution in [3.8, 4) is 0 Å². The quantitative estimate of drug-likeness (QED) is 0.631. The highest BCUT2D eigenvalue weighted by Gasteiger charge is 2.26. The summed E-state index contributed by atoms with van der Waals surface area (Å²) in [5, 5.41) is 0. The minimum Gasteiger partial charge on any atom is -0.372 e. The Bertz CT molecular complexity index is 263. The number of fused-ring (bicyclic) bond motifs is 1. The molecule has 0 radical (unpaired) electrons. The van der Waals surface area contributed by atoms with E-state index in [-0.39, 0.29) is 0 Å². The second kappa shape index (κ2) is 5.39. The Kier molecular flexibility index (Phi) is 4.44. The lowest BCUT2D eigenvalue weighted by molar-refractivity contribution is 0.406. The van der Waals surface area contributed by atoms with Gasteiger partial charge in [0.05, 0.1) is 0 Å². The van der Waals surface area contributed by atoms with Crippen molar-refractivity contribution in [2.45, 2.75) is 41.0 Å². The van der Waals surface area contributed by atoms with Crippen LogP contribution in [0.25, 0.3) is 0 Å². The Balaban J connectivity index is 0.000000531. The highest BCUT2D eigenvalue weighted by molar-refractivity contribution is 5.38. The van der Waals surface area contributed by atoms with E-state index in [9.17, 15) is 0 Å². The summed E-state index contributed by atoms with van der Waals surface area (Å²) in [7, 11) is 0. The van der Waals surface area contributed by atoms with Crippen LogP contribution in [0, 0.1) is 11.8 Å². The Labute approximate surface area is 94.9 Å². The number of likely N-dealkylation sites (tertiary alicyclic amines) is 1. The van der Waals surface area contributed by atoms with Crippen molar-refractivity contribution in [1.82, 2.24) is 4.90 Å². The van der Waals surface area contributed by atoms with Crippen molar-refractivity contribution >= 4 is 0 Å². The molecule has 1 aliphatic carbocycles. The standard InChI is InChI=1S/C12H19N.C2H6/c1-4-13-6-5-11-7-9(2)10(3)8-12(11)13;1-2/h7-10H,4-6H2,1-3H3;1-2H3. The first-order chi connectivity index (χ1) is 7.22. The van der Waals surface area contributed by atoms with E-state index in [4.69, 9.17) is 0 Å². The normalized spacial score (nSPS) is 28.7. The summed E-state index contributed by atoms with van der Waals surface area (Å²) in [4.78, 5) is 2.49. The molecule has 0 amide bonds. The lowest BCUT2D eigenvalue weighted by Gasteiger charge is -2.25. The van der Waals surface area contributed by atoms with Gasteiger partial charge in [-0.15, -0.1) is 0 Å². The first-order valence-electron chi connectivity index (χ1n) is 6.40. The fraction of sp³-hybridized carbons (Fsp3) is 0.714. The fourth-order valence-electron chi connectivity index (χ4n) is 2.29. The van der Waals surface area contributed by atoms with Crippen LogP contribution in [-0.2, 0) is 0 Å². The zero-order valence-electron chi connectivity index (χ0n) is 10.9. The molecule has 0 saturated carbocycles. The van der Waals surface area contributed by atoms with E-state index in [1.54, 1.807) is 5.57 Å². The predicted molar refractivity (Wildman–Crippen MR) is 67.7 cm³/mol. The highest BCUT2D eigenvalue weighted by atomic mass is 15.2. The molecule has 0 bridgehead atoms. The molecular weight excluding hydrogens is 182 g/mol. The smallest absolute Gasteiger partial charge is 0.0358 e. The van der Waals surface area contributed by atoms with Crippen LogP contribution >= 0.6 is 0 Å². The van der Waals surface area contributed by atoms with Crippen molar-refractivity contribution in [3.63, 3.8) is 0 Å². The monoisotopic (exact) mass is 207 g/mol. The lowest BCUT2D eigenvalue weighted by Crippen LogP contribution is -2.20. The third-order valence-corrected chi connectivity index (χ3v) is 3.42. The third-order valence-electron chi connectivity index (χ3n) is 3.42. The van der Waals surface area contributed by atoms with Gasteiger partial charge in [-0.3, -0.25) is 0 Å². The SMILES string of the molecule is CC.CCN1CCC2=CC(C)C(C)C=C21. The maximum Gasteiger partial charge on any atom is 0.0358 e. The summed E-state index contributed by atoms with van der Waals surface area (Å²) in [6.45, 7) is 13.3. The molecule has 86 valence electrons. The minimum atomic E-state index is 0.714. The van der Waals surface area contributed by atoms with Crippen LogP contribution in [-0.4, -0.2) is 18.0 Å². The van der Waals surface area contributed by atoms with E-state index in [0.29, 0.717) is 5.92 Å². The molecule has 1 nitrogen and oxygen atoms in total. The van der Waals surface area contributed by atoms with Crippen LogP contribution < -0.4 is 0 Å². The third kappa shape index (κ3) is 2.45. The van der Waals surface area contributed by atoms with Crippen LogP contribution in [0.4, 0.5) is 0 Å². The Morgan fingerprint density at radius 3 is 2.40 bits per heavy atom. The van der Waals surface area contributed by atoms with Crippen molar-refractivity contribution < 1.29 is 0 Å². The molecule has 0 aromatic carbocycles. The van der Waals surface area contributed by atoms with Gasteiger partial charge in [0.25, 0.3) is 0 Å². The molecular formula is C14H25N. The van der Waals surface area contributed by atoms with E-state index in [2.05, 4.69) is 37.8 Å². The number of allylic oxidation sites excluding steroid dienone is 3.